The summed E-state index contributed by atoms with van der Waals surface area (Å²) in [6.45, 7) is 1.48. The maximum atomic E-state index is 13.1. The number of nitrogens with two attached hydrogens (primary N) is 1. The monoisotopic (exact) mass is 365 g/mol. The number of carbonyl (C=O) groups is 1. The molecule has 0 radical (unpaired) electrons. The molecule has 0 bridgehead atoms. The van der Waals surface area contributed by atoms with Crippen LogP contribution in [0.2, 0.25) is 0 Å². The van der Waals surface area contributed by atoms with Gasteiger partial charge in [0, 0.05) is 6.54 Å². The molecular formula is C21H20FN3O2. The highest BCUT2D eigenvalue weighted by Gasteiger charge is 2.03. The van der Waals surface area contributed by atoms with E-state index >= 15 is 0 Å². The summed E-state index contributed by atoms with van der Waals surface area (Å²) in [6.07, 6.45) is 2.23. The number of nitrogens with one attached hydrogen (secondary N) is 1. The molecule has 2 aromatic carbocycles. The number of hydrogen-bond acceptors (Lipinski definition) is 4. The molecule has 0 unspecified atom stereocenters. The minimum atomic E-state index is -0.573. The first-order chi connectivity index (χ1) is 13.1. The van der Waals surface area contributed by atoms with Crippen molar-refractivity contribution in [2.24, 2.45) is 5.73 Å². The molecule has 6 heteroatoms. The molecule has 1 heterocycles. The molecule has 1 aromatic heterocycles. The van der Waals surface area contributed by atoms with Crippen LogP contribution in [0.5, 0.6) is 11.5 Å². The van der Waals surface area contributed by atoms with Crippen LogP contribution in [-0.4, -0.2) is 17.4 Å². The van der Waals surface area contributed by atoms with Gasteiger partial charge in [0.2, 0.25) is 0 Å². The summed E-state index contributed by atoms with van der Waals surface area (Å²) in [5.41, 5.74) is 7.44. The third-order valence-electron chi connectivity index (χ3n) is 3.96. The molecule has 5 nitrogen and oxygen atoms in total. The topological polar surface area (TPSA) is 77.2 Å². The minimum absolute atomic E-state index is 0.196. The second-order valence-electron chi connectivity index (χ2n) is 6.05. The molecule has 138 valence electrons. The van der Waals surface area contributed by atoms with Gasteiger partial charge in [-0.3, -0.25) is 4.79 Å². The summed E-state index contributed by atoms with van der Waals surface area (Å²) < 4.78 is 18.8. The zero-order valence-corrected chi connectivity index (χ0v) is 14.7. The Bertz CT molecular complexity index is 896. The van der Waals surface area contributed by atoms with E-state index < -0.39 is 5.91 Å². The van der Waals surface area contributed by atoms with E-state index in [2.05, 4.69) is 10.3 Å². The van der Waals surface area contributed by atoms with Crippen LogP contribution in [0.3, 0.4) is 0 Å². The molecule has 0 saturated carbocycles. The largest absolute Gasteiger partial charge is 0.456 e. The SMILES string of the molecule is NC(=O)c1ccc(Oc2ccc(CNCCc3cccc(F)c3)cc2)cn1. The lowest BCUT2D eigenvalue weighted by atomic mass is 10.1. The number of halogens is 1. The van der Waals surface area contributed by atoms with E-state index in [1.807, 2.05) is 30.3 Å². The number of primary amides is 1. The summed E-state index contributed by atoms with van der Waals surface area (Å²) in [5, 5.41) is 3.34. The highest BCUT2D eigenvalue weighted by molar-refractivity contribution is 5.90. The zero-order chi connectivity index (χ0) is 19.1. The Morgan fingerprint density at radius 3 is 2.48 bits per heavy atom. The van der Waals surface area contributed by atoms with Gasteiger partial charge in [-0.25, -0.2) is 9.37 Å². The Hall–Kier alpha value is -3.25. The van der Waals surface area contributed by atoms with E-state index in [4.69, 9.17) is 10.5 Å². The number of aromatic nitrogens is 1. The van der Waals surface area contributed by atoms with Crippen LogP contribution in [-0.2, 0) is 13.0 Å². The smallest absolute Gasteiger partial charge is 0.267 e. The Labute approximate surface area is 157 Å². The maximum Gasteiger partial charge on any atom is 0.267 e. The molecule has 27 heavy (non-hydrogen) atoms. The highest BCUT2D eigenvalue weighted by atomic mass is 19.1. The fourth-order valence-electron chi connectivity index (χ4n) is 2.56. The van der Waals surface area contributed by atoms with E-state index in [0.29, 0.717) is 18.0 Å². The first kappa shape index (κ1) is 18.5. The summed E-state index contributed by atoms with van der Waals surface area (Å²) in [7, 11) is 0. The molecule has 3 rings (SSSR count). The third kappa shape index (κ3) is 5.62. The lowest BCUT2D eigenvalue weighted by molar-refractivity contribution is 0.0995. The van der Waals surface area contributed by atoms with Crippen molar-refractivity contribution in [3.05, 3.63) is 89.5 Å². The van der Waals surface area contributed by atoms with Gasteiger partial charge in [-0.15, -0.1) is 0 Å². The van der Waals surface area contributed by atoms with Crippen molar-refractivity contribution < 1.29 is 13.9 Å². The van der Waals surface area contributed by atoms with Crippen LogP contribution in [0, 0.1) is 5.82 Å². The van der Waals surface area contributed by atoms with Gasteiger partial charge in [0.15, 0.2) is 0 Å². The zero-order valence-electron chi connectivity index (χ0n) is 14.7. The minimum Gasteiger partial charge on any atom is -0.456 e. The number of carbonyl (C=O) groups excluding carboxylic acids is 1. The molecule has 0 atom stereocenters. The number of benzene rings is 2. The molecule has 0 aliphatic rings. The van der Waals surface area contributed by atoms with Crippen molar-refractivity contribution in [3.63, 3.8) is 0 Å². The third-order valence-corrected chi connectivity index (χ3v) is 3.96. The molecule has 0 fully saturated rings. The van der Waals surface area contributed by atoms with Crippen molar-refractivity contribution in [3.8, 4) is 11.5 Å². The standard InChI is InChI=1S/C21H20FN3O2/c22-17-3-1-2-15(12-17)10-11-24-13-16-4-6-18(7-5-16)27-19-8-9-20(21(23)26)25-14-19/h1-9,12,14,24H,10-11,13H2,(H2,23,26). The fraction of sp³-hybridized carbons (Fsp3) is 0.143. The van der Waals surface area contributed by atoms with Gasteiger partial charge in [0.1, 0.15) is 23.0 Å². The van der Waals surface area contributed by atoms with Crippen molar-refractivity contribution in [2.75, 3.05) is 6.54 Å². The van der Waals surface area contributed by atoms with E-state index in [9.17, 15) is 9.18 Å². The van der Waals surface area contributed by atoms with Crippen LogP contribution in [0.25, 0.3) is 0 Å². The van der Waals surface area contributed by atoms with Crippen LogP contribution in [0.4, 0.5) is 4.39 Å². The van der Waals surface area contributed by atoms with Crippen LogP contribution < -0.4 is 15.8 Å². The van der Waals surface area contributed by atoms with Gasteiger partial charge in [-0.1, -0.05) is 24.3 Å². The number of nitrogens with zero attached hydrogens (tertiary/aromatic N) is 1. The normalized spacial score (nSPS) is 10.6. The first-order valence-electron chi connectivity index (χ1n) is 8.58. The average molecular weight is 365 g/mol. The number of hydrogen-bond donors (Lipinski definition) is 2. The van der Waals surface area contributed by atoms with Crippen LogP contribution in [0.1, 0.15) is 21.6 Å². The van der Waals surface area contributed by atoms with Crippen molar-refractivity contribution >= 4 is 5.91 Å². The van der Waals surface area contributed by atoms with Gasteiger partial charge >= 0.3 is 0 Å². The van der Waals surface area contributed by atoms with Gasteiger partial charge < -0.3 is 15.8 Å². The van der Waals surface area contributed by atoms with E-state index in [1.54, 1.807) is 18.2 Å². The number of ether oxygens (including phenoxy) is 1. The fourth-order valence-corrected chi connectivity index (χ4v) is 2.56. The summed E-state index contributed by atoms with van der Waals surface area (Å²) in [4.78, 5) is 14.9. The van der Waals surface area contributed by atoms with Crippen LogP contribution in [0.15, 0.2) is 66.9 Å². The Morgan fingerprint density at radius 2 is 1.81 bits per heavy atom. The highest BCUT2D eigenvalue weighted by Crippen LogP contribution is 2.21. The molecule has 1 amide bonds. The van der Waals surface area contributed by atoms with E-state index in [1.165, 1.54) is 18.3 Å². The first-order valence-corrected chi connectivity index (χ1v) is 8.58. The predicted molar refractivity (Wildman–Crippen MR) is 101 cm³/mol. The molecule has 0 aliphatic heterocycles. The van der Waals surface area contributed by atoms with Gasteiger partial charge in [-0.05, 0) is 60.5 Å². The lowest BCUT2D eigenvalue weighted by Gasteiger charge is -2.08. The van der Waals surface area contributed by atoms with Gasteiger partial charge in [-0.2, -0.15) is 0 Å². The molecule has 3 N–H and O–H groups in total. The van der Waals surface area contributed by atoms with E-state index in [0.717, 1.165) is 24.1 Å². The number of amides is 1. The van der Waals surface area contributed by atoms with Crippen molar-refractivity contribution in [1.29, 1.82) is 0 Å². The van der Waals surface area contributed by atoms with Gasteiger partial charge in [0.05, 0.1) is 6.20 Å². The number of pyridine rings is 1. The lowest BCUT2D eigenvalue weighted by Crippen LogP contribution is -2.16. The molecule has 0 spiro atoms. The summed E-state index contributed by atoms with van der Waals surface area (Å²) in [6, 6.07) is 17.5. The molecular weight excluding hydrogens is 345 g/mol. The van der Waals surface area contributed by atoms with Crippen molar-refractivity contribution in [1.82, 2.24) is 10.3 Å². The Morgan fingerprint density at radius 1 is 1.04 bits per heavy atom. The Kier molecular flexibility index (Phi) is 6.12. The second kappa shape index (κ2) is 8.91. The average Bonchev–Trinajstić information content (AvgIpc) is 2.67. The molecule has 3 aromatic rings. The predicted octanol–water partition coefficient (Wildman–Crippen LogP) is 3.44. The second-order valence-corrected chi connectivity index (χ2v) is 6.05. The molecule has 0 aliphatic carbocycles. The van der Waals surface area contributed by atoms with Crippen molar-refractivity contribution in [2.45, 2.75) is 13.0 Å². The van der Waals surface area contributed by atoms with E-state index in [-0.39, 0.29) is 11.5 Å². The van der Waals surface area contributed by atoms with Gasteiger partial charge in [0.25, 0.3) is 5.91 Å². The molecule has 0 saturated heterocycles. The maximum absolute atomic E-state index is 13.1. The van der Waals surface area contributed by atoms with Crippen LogP contribution >= 0.6 is 0 Å². The quantitative estimate of drug-likeness (QED) is 0.600. The number of rotatable bonds is 8. The summed E-state index contributed by atoms with van der Waals surface area (Å²) >= 11 is 0. The Balaban J connectivity index is 1.46. The summed E-state index contributed by atoms with van der Waals surface area (Å²) in [5.74, 6) is 0.423.